The number of hydrogen-bond acceptors (Lipinski definition) is 2. The Labute approximate surface area is 181 Å². The van der Waals surface area contributed by atoms with E-state index in [4.69, 9.17) is 0 Å². The Morgan fingerprint density at radius 1 is 0.640 bits per heavy atom. The van der Waals surface area contributed by atoms with Gasteiger partial charge in [-0.3, -0.25) is 4.55 Å². The van der Waals surface area contributed by atoms with Gasteiger partial charge in [0.05, 0.1) is 5.25 Å². The Morgan fingerprint density at radius 3 is 1.20 bits per heavy atom. The summed E-state index contributed by atoms with van der Waals surface area (Å²) in [5.41, 5.74) is 0. The van der Waals surface area contributed by atoms with Gasteiger partial charge >= 0.3 is 29.6 Å². The van der Waals surface area contributed by atoms with Crippen molar-refractivity contribution in [3.8, 4) is 0 Å². The zero-order valence-electron chi connectivity index (χ0n) is 18.3. The maximum absolute atomic E-state index is 11.5. The number of unbranched alkanes of at least 4 members (excludes halogenated alkanes) is 13. The third-order valence-electron chi connectivity index (χ3n) is 4.93. The molecule has 0 amide bonds. The Balaban J connectivity index is -0.00000264. The van der Waals surface area contributed by atoms with Gasteiger partial charge in [-0.1, -0.05) is 110 Å². The maximum atomic E-state index is 11.5. The second kappa shape index (κ2) is 19.7. The molecule has 0 radical (unpaired) electrons. The van der Waals surface area contributed by atoms with E-state index in [2.05, 4.69) is 13.8 Å². The van der Waals surface area contributed by atoms with Gasteiger partial charge in [-0.05, 0) is 12.8 Å². The van der Waals surface area contributed by atoms with Crippen LogP contribution in [-0.2, 0) is 10.1 Å². The first kappa shape index (κ1) is 28.1. The first-order valence-corrected chi connectivity index (χ1v) is 12.0. The van der Waals surface area contributed by atoms with Crippen LogP contribution in [0.4, 0.5) is 0 Å². The van der Waals surface area contributed by atoms with E-state index in [9.17, 15) is 13.0 Å². The fourth-order valence-corrected chi connectivity index (χ4v) is 4.21. The summed E-state index contributed by atoms with van der Waals surface area (Å²) in [6.45, 7) is 4.43. The minimum absolute atomic E-state index is 0. The first-order chi connectivity index (χ1) is 11.5. The molecule has 148 valence electrons. The van der Waals surface area contributed by atoms with Crippen LogP contribution in [0.3, 0.4) is 0 Å². The van der Waals surface area contributed by atoms with Crippen LogP contribution in [0, 0.1) is 0 Å². The number of hydrogen-bond donors (Lipinski definition) is 1. The average Bonchev–Trinajstić information content (AvgIpc) is 2.53. The third kappa shape index (κ3) is 19.5. The summed E-state index contributed by atoms with van der Waals surface area (Å²) >= 11 is 0. The van der Waals surface area contributed by atoms with Gasteiger partial charge in [0.1, 0.15) is 0 Å². The van der Waals surface area contributed by atoms with Crippen LogP contribution < -0.4 is 29.6 Å². The predicted octanol–water partition coefficient (Wildman–Crippen LogP) is 4.03. The van der Waals surface area contributed by atoms with Crippen molar-refractivity contribution < 1.29 is 44.0 Å². The van der Waals surface area contributed by atoms with E-state index in [-0.39, 0.29) is 31.0 Å². The molecule has 0 saturated carbocycles. The monoisotopic (exact) mass is 386 g/mol. The van der Waals surface area contributed by atoms with E-state index in [0.717, 1.165) is 25.7 Å². The summed E-state index contributed by atoms with van der Waals surface area (Å²) in [5.74, 6) is 0. The van der Waals surface area contributed by atoms with E-state index in [1.807, 2.05) is 0 Å². The smallest absolute Gasteiger partial charge is 1.00 e. The molecule has 0 aromatic heterocycles. The number of rotatable bonds is 18. The predicted molar refractivity (Wildman–Crippen MR) is 106 cm³/mol. The molecule has 0 spiro atoms. The fraction of sp³-hybridized carbons (Fsp3) is 1.00. The minimum atomic E-state index is -3.87. The summed E-state index contributed by atoms with van der Waals surface area (Å²) in [5, 5.41) is -0.534. The van der Waals surface area contributed by atoms with Crippen LogP contribution >= 0.6 is 0 Å². The minimum Gasteiger partial charge on any atom is -1.00 e. The van der Waals surface area contributed by atoms with E-state index in [0.29, 0.717) is 12.8 Å². The third-order valence-corrected chi connectivity index (χ3v) is 6.24. The molecule has 1 unspecified atom stereocenters. The van der Waals surface area contributed by atoms with Gasteiger partial charge in [0.15, 0.2) is 0 Å². The molecule has 0 aliphatic carbocycles. The molecule has 1 atom stereocenters. The van der Waals surface area contributed by atoms with Crippen LogP contribution in [0.2, 0.25) is 0 Å². The summed E-state index contributed by atoms with van der Waals surface area (Å²) < 4.78 is 32.5. The van der Waals surface area contributed by atoms with Crippen molar-refractivity contribution in [3.05, 3.63) is 0 Å². The molecular formula is C20H43NaO3S. The van der Waals surface area contributed by atoms with Crippen molar-refractivity contribution in [2.75, 3.05) is 0 Å². The van der Waals surface area contributed by atoms with Crippen molar-refractivity contribution in [1.82, 2.24) is 0 Å². The quantitative estimate of drug-likeness (QED) is 0.220. The Morgan fingerprint density at radius 2 is 0.920 bits per heavy atom. The standard InChI is InChI=1S/C20H42O3S.Na.H/c1-3-5-7-9-11-12-13-15-17-19-20(24(21,22)23)18-16-14-10-8-6-4-2;;/h20H,3-19H2,1-2H3,(H,21,22,23);;/q;+1;-1. The average molecular weight is 387 g/mol. The van der Waals surface area contributed by atoms with E-state index in [1.54, 1.807) is 0 Å². The van der Waals surface area contributed by atoms with Gasteiger partial charge in [0, 0.05) is 0 Å². The zero-order valence-corrected chi connectivity index (χ0v) is 20.1. The Kier molecular flexibility index (Phi) is 22.1. The van der Waals surface area contributed by atoms with Gasteiger partial charge in [-0.25, -0.2) is 0 Å². The van der Waals surface area contributed by atoms with Crippen molar-refractivity contribution in [3.63, 3.8) is 0 Å². The fourth-order valence-electron chi connectivity index (χ4n) is 3.28. The van der Waals surface area contributed by atoms with Crippen LogP contribution in [0.1, 0.15) is 124 Å². The van der Waals surface area contributed by atoms with E-state index in [1.165, 1.54) is 70.6 Å². The van der Waals surface area contributed by atoms with E-state index < -0.39 is 15.4 Å². The molecule has 0 aliphatic heterocycles. The van der Waals surface area contributed by atoms with E-state index >= 15 is 0 Å². The molecule has 5 heteroatoms. The van der Waals surface area contributed by atoms with Crippen molar-refractivity contribution in [2.45, 2.75) is 128 Å². The molecule has 0 fully saturated rings. The van der Waals surface area contributed by atoms with Gasteiger partial charge < -0.3 is 1.43 Å². The van der Waals surface area contributed by atoms with Crippen molar-refractivity contribution in [2.24, 2.45) is 0 Å². The Bertz CT molecular complexity index is 364. The second-order valence-corrected chi connectivity index (χ2v) is 9.01. The van der Waals surface area contributed by atoms with Gasteiger partial charge in [-0.15, -0.1) is 0 Å². The molecule has 3 nitrogen and oxygen atoms in total. The second-order valence-electron chi connectivity index (χ2n) is 7.31. The first-order valence-electron chi connectivity index (χ1n) is 10.5. The topological polar surface area (TPSA) is 54.4 Å². The van der Waals surface area contributed by atoms with Crippen LogP contribution in [-0.4, -0.2) is 18.2 Å². The molecule has 25 heavy (non-hydrogen) atoms. The molecule has 0 aromatic carbocycles. The molecular weight excluding hydrogens is 343 g/mol. The van der Waals surface area contributed by atoms with Crippen LogP contribution in [0.25, 0.3) is 0 Å². The van der Waals surface area contributed by atoms with Gasteiger partial charge in [0.25, 0.3) is 10.1 Å². The van der Waals surface area contributed by atoms with Crippen molar-refractivity contribution in [1.29, 1.82) is 0 Å². The molecule has 0 aromatic rings. The Hall–Kier alpha value is 0.910. The summed E-state index contributed by atoms with van der Waals surface area (Å²) in [7, 11) is -3.87. The molecule has 0 heterocycles. The van der Waals surface area contributed by atoms with Crippen LogP contribution in [0.5, 0.6) is 0 Å². The summed E-state index contributed by atoms with van der Waals surface area (Å²) in [4.78, 5) is 0. The van der Waals surface area contributed by atoms with Gasteiger partial charge in [-0.2, -0.15) is 8.42 Å². The summed E-state index contributed by atoms with van der Waals surface area (Å²) in [6, 6.07) is 0. The van der Waals surface area contributed by atoms with Crippen molar-refractivity contribution >= 4 is 10.1 Å². The molecule has 0 aliphatic rings. The largest absolute Gasteiger partial charge is 1.00 e. The van der Waals surface area contributed by atoms with Crippen LogP contribution in [0.15, 0.2) is 0 Å². The maximum Gasteiger partial charge on any atom is 1.00 e. The molecule has 0 rings (SSSR count). The zero-order chi connectivity index (χ0) is 18.1. The molecule has 1 N–H and O–H groups in total. The normalized spacial score (nSPS) is 12.8. The molecule has 0 bridgehead atoms. The molecule has 0 saturated heterocycles. The van der Waals surface area contributed by atoms with Gasteiger partial charge in [0.2, 0.25) is 0 Å². The summed E-state index contributed by atoms with van der Waals surface area (Å²) in [6.07, 6.45) is 19.3. The SMILES string of the molecule is CCCCCCCCCCCC(CCCCCCCC)S(=O)(=O)O.[H-].[Na+].